The van der Waals surface area contributed by atoms with Gasteiger partial charge in [-0.2, -0.15) is 0 Å². The van der Waals surface area contributed by atoms with Gasteiger partial charge in [0.25, 0.3) is 5.91 Å². The molecule has 1 aromatic heterocycles. The summed E-state index contributed by atoms with van der Waals surface area (Å²) >= 11 is 1.44. The first-order valence-electron chi connectivity index (χ1n) is 11.3. The number of carbonyl (C=O) groups is 2. The van der Waals surface area contributed by atoms with Crippen LogP contribution in [0.4, 0.5) is 0 Å². The molecule has 1 aliphatic rings. The maximum atomic E-state index is 13.3. The minimum Gasteiger partial charge on any atom is -0.347 e. The molecule has 0 spiro atoms. The lowest BCUT2D eigenvalue weighted by atomic mass is 9.88. The Hall–Kier alpha value is -2.99. The molecular formula is C26H29N3O2S. The minimum atomic E-state index is -0.190. The number of amides is 2. The van der Waals surface area contributed by atoms with Crippen molar-refractivity contribution in [3.63, 3.8) is 0 Å². The Morgan fingerprint density at radius 3 is 2.25 bits per heavy atom. The van der Waals surface area contributed by atoms with E-state index in [-0.39, 0.29) is 17.7 Å². The van der Waals surface area contributed by atoms with Gasteiger partial charge in [-0.05, 0) is 24.0 Å². The maximum absolute atomic E-state index is 13.3. The van der Waals surface area contributed by atoms with Gasteiger partial charge in [-0.15, -0.1) is 11.3 Å². The lowest BCUT2D eigenvalue weighted by Crippen LogP contribution is -2.36. The second-order valence-corrected chi connectivity index (χ2v) is 9.25. The van der Waals surface area contributed by atoms with Crippen LogP contribution in [0.1, 0.15) is 58.7 Å². The van der Waals surface area contributed by atoms with Crippen molar-refractivity contribution in [2.24, 2.45) is 5.92 Å². The third-order valence-electron chi connectivity index (χ3n) is 5.89. The molecule has 166 valence electrons. The normalized spacial score (nSPS) is 14.1. The van der Waals surface area contributed by atoms with Crippen LogP contribution in [0.15, 0.2) is 66.0 Å². The smallest absolute Gasteiger partial charge is 0.271 e. The summed E-state index contributed by atoms with van der Waals surface area (Å²) in [6.07, 6.45) is 5.40. The monoisotopic (exact) mass is 447 g/mol. The number of carbonyl (C=O) groups excluding carboxylic acids is 2. The van der Waals surface area contributed by atoms with Gasteiger partial charge in [0.15, 0.2) is 0 Å². The highest BCUT2D eigenvalue weighted by Crippen LogP contribution is 2.27. The van der Waals surface area contributed by atoms with Crippen molar-refractivity contribution in [3.8, 4) is 0 Å². The van der Waals surface area contributed by atoms with Crippen LogP contribution in [-0.2, 0) is 24.4 Å². The molecule has 3 aromatic rings. The van der Waals surface area contributed by atoms with Crippen LogP contribution in [0.5, 0.6) is 0 Å². The SMILES string of the molecule is O=C(NCc1ccccc1)c1csc(CN(Cc2ccccc2)C(=O)C2CCCCC2)n1. The summed E-state index contributed by atoms with van der Waals surface area (Å²) in [5.41, 5.74) is 2.56. The molecule has 32 heavy (non-hydrogen) atoms. The number of thiazole rings is 1. The Labute approximate surface area is 193 Å². The van der Waals surface area contributed by atoms with Gasteiger partial charge >= 0.3 is 0 Å². The fourth-order valence-corrected chi connectivity index (χ4v) is 4.93. The Bertz CT molecular complexity index is 1010. The number of aromatic nitrogens is 1. The van der Waals surface area contributed by atoms with Crippen molar-refractivity contribution in [1.29, 1.82) is 0 Å². The summed E-state index contributed by atoms with van der Waals surface area (Å²) in [6, 6.07) is 19.9. The molecule has 0 bridgehead atoms. The molecule has 1 fully saturated rings. The summed E-state index contributed by atoms with van der Waals surface area (Å²) in [7, 11) is 0. The molecule has 4 rings (SSSR count). The van der Waals surface area contributed by atoms with E-state index < -0.39 is 0 Å². The van der Waals surface area contributed by atoms with Gasteiger partial charge in [0.1, 0.15) is 10.7 Å². The van der Waals surface area contributed by atoms with E-state index in [9.17, 15) is 9.59 Å². The van der Waals surface area contributed by atoms with Gasteiger partial charge < -0.3 is 10.2 Å². The lowest BCUT2D eigenvalue weighted by molar-refractivity contribution is -0.137. The van der Waals surface area contributed by atoms with Gasteiger partial charge in [-0.1, -0.05) is 79.9 Å². The number of nitrogens with one attached hydrogen (secondary N) is 1. The van der Waals surface area contributed by atoms with Crippen LogP contribution in [0.3, 0.4) is 0 Å². The van der Waals surface area contributed by atoms with E-state index in [1.54, 1.807) is 5.38 Å². The van der Waals surface area contributed by atoms with E-state index in [1.807, 2.05) is 65.6 Å². The van der Waals surface area contributed by atoms with Crippen molar-refractivity contribution >= 4 is 23.2 Å². The van der Waals surface area contributed by atoms with Gasteiger partial charge in [-0.25, -0.2) is 4.98 Å². The minimum absolute atomic E-state index is 0.0982. The summed E-state index contributed by atoms with van der Waals surface area (Å²) in [5, 5.41) is 5.49. The number of benzene rings is 2. The molecule has 0 radical (unpaired) electrons. The summed E-state index contributed by atoms with van der Waals surface area (Å²) < 4.78 is 0. The zero-order chi connectivity index (χ0) is 22.2. The van der Waals surface area contributed by atoms with Gasteiger partial charge in [0, 0.05) is 24.4 Å². The summed E-state index contributed by atoms with van der Waals surface area (Å²) in [4.78, 5) is 32.3. The van der Waals surface area contributed by atoms with Gasteiger partial charge in [0.05, 0.1) is 6.54 Å². The largest absolute Gasteiger partial charge is 0.347 e. The highest BCUT2D eigenvalue weighted by Gasteiger charge is 2.27. The summed E-state index contributed by atoms with van der Waals surface area (Å²) in [5.74, 6) is 0.115. The molecule has 0 atom stereocenters. The van der Waals surface area contributed by atoms with E-state index in [4.69, 9.17) is 0 Å². The van der Waals surface area contributed by atoms with Crippen LogP contribution in [0.2, 0.25) is 0 Å². The molecule has 1 aliphatic carbocycles. The number of nitrogens with zero attached hydrogens (tertiary/aromatic N) is 2. The lowest BCUT2D eigenvalue weighted by Gasteiger charge is -2.29. The molecule has 0 saturated heterocycles. The zero-order valence-corrected chi connectivity index (χ0v) is 19.0. The van der Waals surface area contributed by atoms with Crippen LogP contribution < -0.4 is 5.32 Å². The first-order chi connectivity index (χ1) is 15.7. The highest BCUT2D eigenvalue weighted by atomic mass is 32.1. The Kier molecular flexibility index (Phi) is 7.67. The maximum Gasteiger partial charge on any atom is 0.271 e. The van der Waals surface area contributed by atoms with Crippen LogP contribution in [-0.4, -0.2) is 21.7 Å². The number of rotatable bonds is 8. The van der Waals surface area contributed by atoms with Gasteiger partial charge in [0.2, 0.25) is 5.91 Å². The van der Waals surface area contributed by atoms with Crippen molar-refractivity contribution in [2.45, 2.75) is 51.7 Å². The van der Waals surface area contributed by atoms with Crippen molar-refractivity contribution in [1.82, 2.24) is 15.2 Å². The summed E-state index contributed by atoms with van der Waals surface area (Å²) in [6.45, 7) is 1.46. The molecule has 0 aliphatic heterocycles. The van der Waals surface area contributed by atoms with Crippen LogP contribution >= 0.6 is 11.3 Å². The van der Waals surface area contributed by atoms with Crippen molar-refractivity contribution in [2.75, 3.05) is 0 Å². The zero-order valence-electron chi connectivity index (χ0n) is 18.2. The molecule has 1 heterocycles. The fraction of sp³-hybridized carbons (Fsp3) is 0.346. The van der Waals surface area contributed by atoms with Crippen LogP contribution in [0, 0.1) is 5.92 Å². The third-order valence-corrected chi connectivity index (χ3v) is 6.72. The topological polar surface area (TPSA) is 62.3 Å². The van der Waals surface area contributed by atoms with E-state index in [1.165, 1.54) is 17.8 Å². The third kappa shape index (κ3) is 6.04. The van der Waals surface area contributed by atoms with E-state index in [0.717, 1.165) is 41.8 Å². The predicted octanol–water partition coefficient (Wildman–Crippen LogP) is 5.18. The Balaban J connectivity index is 1.42. The Morgan fingerprint density at radius 2 is 1.56 bits per heavy atom. The molecule has 0 unspecified atom stereocenters. The highest BCUT2D eigenvalue weighted by molar-refractivity contribution is 7.09. The molecule has 6 heteroatoms. The quantitative estimate of drug-likeness (QED) is 0.517. The fourth-order valence-electron chi connectivity index (χ4n) is 4.14. The van der Waals surface area contributed by atoms with E-state index >= 15 is 0 Å². The average molecular weight is 448 g/mol. The molecule has 5 nitrogen and oxygen atoms in total. The first-order valence-corrected chi connectivity index (χ1v) is 12.2. The van der Waals surface area contributed by atoms with E-state index in [0.29, 0.717) is 25.3 Å². The first kappa shape index (κ1) is 22.2. The number of hydrogen-bond acceptors (Lipinski definition) is 4. The molecule has 2 aromatic carbocycles. The van der Waals surface area contributed by atoms with Crippen molar-refractivity contribution in [3.05, 3.63) is 87.9 Å². The van der Waals surface area contributed by atoms with Crippen LogP contribution in [0.25, 0.3) is 0 Å². The standard InChI is InChI=1S/C26H29N3O2S/c30-25(27-16-20-10-4-1-5-11-20)23-19-32-24(28-23)18-29(17-21-12-6-2-7-13-21)26(31)22-14-8-3-9-15-22/h1-2,4-7,10-13,19,22H,3,8-9,14-18H2,(H,27,30). The predicted molar refractivity (Wildman–Crippen MR) is 127 cm³/mol. The molecular weight excluding hydrogens is 418 g/mol. The molecule has 1 N–H and O–H groups in total. The number of hydrogen-bond donors (Lipinski definition) is 1. The van der Waals surface area contributed by atoms with E-state index in [2.05, 4.69) is 10.3 Å². The Morgan fingerprint density at radius 1 is 0.906 bits per heavy atom. The van der Waals surface area contributed by atoms with Crippen molar-refractivity contribution < 1.29 is 9.59 Å². The van der Waals surface area contributed by atoms with Gasteiger partial charge in [-0.3, -0.25) is 9.59 Å². The second-order valence-electron chi connectivity index (χ2n) is 8.31. The molecule has 2 amide bonds. The average Bonchev–Trinajstić information content (AvgIpc) is 3.32. The second kappa shape index (κ2) is 11.0. The molecule has 1 saturated carbocycles.